The van der Waals surface area contributed by atoms with E-state index >= 15 is 0 Å². The normalized spacial score (nSPS) is 50.7. The van der Waals surface area contributed by atoms with Crippen LogP contribution in [0.25, 0.3) is 0 Å². The zero-order valence-corrected chi connectivity index (χ0v) is 26.4. The summed E-state index contributed by atoms with van der Waals surface area (Å²) in [5.74, 6) is 2.93. The lowest BCUT2D eigenvalue weighted by Gasteiger charge is -2.69. The van der Waals surface area contributed by atoms with Crippen molar-refractivity contribution in [1.29, 1.82) is 0 Å². The largest absolute Gasteiger partial charge is 0.508 e. The van der Waals surface area contributed by atoms with Gasteiger partial charge in [-0.1, -0.05) is 48.0 Å². The van der Waals surface area contributed by atoms with Crippen molar-refractivity contribution in [2.75, 3.05) is 0 Å². The predicted octanol–water partition coefficient (Wildman–Crippen LogP) is 9.03. The molecular weight excluding hydrogens is 492 g/mol. The minimum atomic E-state index is -0.0266. The first-order valence-corrected chi connectivity index (χ1v) is 16.7. The van der Waals surface area contributed by atoms with E-state index in [9.17, 15) is 9.90 Å². The summed E-state index contributed by atoms with van der Waals surface area (Å²) in [6.45, 7) is 17.9. The van der Waals surface area contributed by atoms with Gasteiger partial charge in [-0.3, -0.25) is 4.79 Å². The van der Waals surface area contributed by atoms with Crippen LogP contribution in [-0.2, 0) is 16.6 Å². The molecule has 1 saturated heterocycles. The number of hydrogen-bond donors (Lipinski definition) is 1. The van der Waals surface area contributed by atoms with Gasteiger partial charge in [0.15, 0.2) is 0 Å². The van der Waals surface area contributed by atoms with Crippen LogP contribution in [0.3, 0.4) is 0 Å². The van der Waals surface area contributed by atoms with E-state index in [1.807, 2.05) is 6.07 Å². The number of hydrogen-bond acceptors (Lipinski definition) is 3. The van der Waals surface area contributed by atoms with Gasteiger partial charge in [0.2, 0.25) is 0 Å². The second kappa shape index (κ2) is 8.39. The van der Waals surface area contributed by atoms with Gasteiger partial charge in [-0.15, -0.1) is 0 Å². The molecule has 5 fully saturated rings. The second-order valence-corrected chi connectivity index (χ2v) is 17.4. The summed E-state index contributed by atoms with van der Waals surface area (Å²) in [5, 5.41) is 10.9. The molecule has 0 radical (unpaired) electrons. The average molecular weight is 547 g/mol. The number of rotatable bonds is 1. The van der Waals surface area contributed by atoms with Crippen molar-refractivity contribution in [3.8, 4) is 5.75 Å². The van der Waals surface area contributed by atoms with Gasteiger partial charge < -0.3 is 9.84 Å². The maximum atomic E-state index is 12.2. The average Bonchev–Trinajstić information content (AvgIpc) is 3.14. The summed E-state index contributed by atoms with van der Waals surface area (Å²) in [6.07, 6.45) is 16.2. The fourth-order valence-corrected chi connectivity index (χ4v) is 13.6. The molecule has 4 saturated carbocycles. The smallest absolute Gasteiger partial charge is 0.150 e. The van der Waals surface area contributed by atoms with E-state index < -0.39 is 0 Å². The van der Waals surface area contributed by atoms with Crippen LogP contribution in [0.4, 0.5) is 0 Å². The predicted molar refractivity (Wildman–Crippen MR) is 161 cm³/mol. The van der Waals surface area contributed by atoms with Crippen molar-refractivity contribution in [2.45, 2.75) is 143 Å². The summed E-state index contributed by atoms with van der Waals surface area (Å²) >= 11 is 0. The quantitative estimate of drug-likeness (QED) is 0.357. The van der Waals surface area contributed by atoms with Crippen molar-refractivity contribution in [2.24, 2.45) is 45.3 Å². The van der Waals surface area contributed by atoms with Crippen LogP contribution >= 0.6 is 0 Å². The molecule has 3 nitrogen and oxygen atoms in total. The molecular formula is C37H54O3. The Labute approximate surface area is 243 Å². The fraction of sp³-hybridized carbons (Fsp3) is 0.811. The van der Waals surface area contributed by atoms with E-state index in [1.54, 1.807) is 6.07 Å². The summed E-state index contributed by atoms with van der Waals surface area (Å²) in [6, 6.07) is 3.61. The zero-order valence-electron chi connectivity index (χ0n) is 26.4. The minimum Gasteiger partial charge on any atom is -0.508 e. The number of aromatic hydroxyl groups is 1. The number of benzene rings is 1. The van der Waals surface area contributed by atoms with Crippen LogP contribution < -0.4 is 0 Å². The molecule has 0 bridgehead atoms. The summed E-state index contributed by atoms with van der Waals surface area (Å²) in [4.78, 5) is 12.2. The SMILES string of the molecule is CC1(C)CCCC2(C)OC3CCC4(C)C(CCC5(C)C6Cc7c(O)ccc(C=O)c7C6(C)CCC54)C3(C)CCC12. The number of carbonyl (C=O) groups is 1. The molecule has 1 heterocycles. The molecule has 1 aromatic rings. The number of fused-ring (bicyclic) bond motifs is 10. The first kappa shape index (κ1) is 27.5. The molecule has 40 heavy (non-hydrogen) atoms. The first-order valence-electron chi connectivity index (χ1n) is 16.7. The van der Waals surface area contributed by atoms with E-state index in [2.05, 4.69) is 48.5 Å². The van der Waals surface area contributed by atoms with Crippen molar-refractivity contribution in [3.05, 3.63) is 28.8 Å². The highest BCUT2D eigenvalue weighted by atomic mass is 16.5. The Balaban J connectivity index is 1.24. The van der Waals surface area contributed by atoms with Gasteiger partial charge in [0.05, 0.1) is 11.7 Å². The van der Waals surface area contributed by atoms with Gasteiger partial charge in [0.1, 0.15) is 12.0 Å². The van der Waals surface area contributed by atoms with E-state index in [1.165, 1.54) is 69.8 Å². The molecule has 5 aliphatic carbocycles. The van der Waals surface area contributed by atoms with Gasteiger partial charge in [0.25, 0.3) is 0 Å². The molecule has 0 amide bonds. The van der Waals surface area contributed by atoms with Crippen LogP contribution in [0.2, 0.25) is 0 Å². The third-order valence-electron chi connectivity index (χ3n) is 15.3. The lowest BCUT2D eigenvalue weighted by molar-refractivity contribution is -0.240. The van der Waals surface area contributed by atoms with E-state index in [0.717, 1.165) is 30.3 Å². The molecule has 6 aliphatic rings. The third kappa shape index (κ3) is 3.31. The molecule has 3 heteroatoms. The minimum absolute atomic E-state index is 0.0266. The maximum Gasteiger partial charge on any atom is 0.150 e. The topological polar surface area (TPSA) is 46.5 Å². The van der Waals surface area contributed by atoms with Crippen LogP contribution in [0.1, 0.15) is 141 Å². The van der Waals surface area contributed by atoms with Gasteiger partial charge >= 0.3 is 0 Å². The van der Waals surface area contributed by atoms with Crippen LogP contribution in [0, 0.1) is 45.3 Å². The van der Waals surface area contributed by atoms with Crippen molar-refractivity contribution >= 4 is 6.29 Å². The van der Waals surface area contributed by atoms with Crippen LogP contribution in [-0.4, -0.2) is 23.1 Å². The zero-order chi connectivity index (χ0) is 28.5. The molecule has 10 atom stereocenters. The number of phenols is 1. The van der Waals surface area contributed by atoms with Crippen molar-refractivity contribution in [3.63, 3.8) is 0 Å². The molecule has 220 valence electrons. The van der Waals surface area contributed by atoms with Crippen molar-refractivity contribution in [1.82, 2.24) is 0 Å². The van der Waals surface area contributed by atoms with Gasteiger partial charge in [-0.25, -0.2) is 0 Å². The third-order valence-corrected chi connectivity index (χ3v) is 15.3. The number of carbonyl (C=O) groups excluding carboxylic acids is 1. The lowest BCUT2D eigenvalue weighted by Crippen LogP contribution is -2.64. The molecule has 0 aromatic heterocycles. The fourth-order valence-electron chi connectivity index (χ4n) is 13.6. The Morgan fingerprint density at radius 3 is 2.12 bits per heavy atom. The van der Waals surface area contributed by atoms with Crippen LogP contribution in [0.15, 0.2) is 12.1 Å². The second-order valence-electron chi connectivity index (χ2n) is 17.4. The van der Waals surface area contributed by atoms with E-state index in [4.69, 9.17) is 4.74 Å². The highest BCUT2D eigenvalue weighted by Crippen LogP contribution is 2.74. The van der Waals surface area contributed by atoms with Crippen LogP contribution in [0.5, 0.6) is 5.75 Å². The number of ether oxygens (including phenoxy) is 1. The number of aldehydes is 1. The first-order chi connectivity index (χ1) is 18.7. The molecule has 0 spiro atoms. The highest BCUT2D eigenvalue weighted by molar-refractivity contribution is 5.80. The lowest BCUT2D eigenvalue weighted by atomic mass is 9.36. The Hall–Kier alpha value is -1.35. The Morgan fingerprint density at radius 2 is 1.38 bits per heavy atom. The molecule has 1 aromatic carbocycles. The summed E-state index contributed by atoms with van der Waals surface area (Å²) in [5.41, 5.74) is 4.20. The highest BCUT2D eigenvalue weighted by Gasteiger charge is 2.69. The number of phenolic OH excluding ortho intramolecular Hbond substituents is 1. The monoisotopic (exact) mass is 546 g/mol. The Bertz CT molecular complexity index is 1230. The molecule has 1 N–H and O–H groups in total. The standard InChI is InChI=1S/C37H54O3/c1-32(2)15-8-16-37(7)26(32)11-18-35(5)28-12-17-34(4)27(33(28,3)20-14-30(35)40-37)13-19-36(6)29(34)21-24-25(39)10-9-23(22-38)31(24)36/h9-10,22,26-30,39H,8,11-21H2,1-7H3. The van der Waals surface area contributed by atoms with Crippen molar-refractivity contribution < 1.29 is 14.6 Å². The molecule has 7 rings (SSSR count). The van der Waals surface area contributed by atoms with Gasteiger partial charge in [0, 0.05) is 5.56 Å². The van der Waals surface area contributed by atoms with Gasteiger partial charge in [-0.05, 0) is 152 Å². The maximum absolute atomic E-state index is 12.2. The Kier molecular flexibility index (Phi) is 5.76. The van der Waals surface area contributed by atoms with E-state index in [0.29, 0.717) is 46.4 Å². The summed E-state index contributed by atoms with van der Waals surface area (Å²) in [7, 11) is 0. The summed E-state index contributed by atoms with van der Waals surface area (Å²) < 4.78 is 7.41. The van der Waals surface area contributed by atoms with E-state index in [-0.39, 0.29) is 21.8 Å². The molecule has 1 aliphatic heterocycles. The molecule has 10 unspecified atom stereocenters. The Morgan fingerprint density at radius 1 is 0.750 bits per heavy atom. The van der Waals surface area contributed by atoms with Gasteiger partial charge in [-0.2, -0.15) is 0 Å².